The number of nitrogens with one attached hydrogen (secondary N) is 1. The van der Waals surface area contributed by atoms with E-state index in [0.29, 0.717) is 16.1 Å². The lowest BCUT2D eigenvalue weighted by molar-refractivity contribution is -0.0129. The molecule has 4 heteroatoms. The molecule has 1 aliphatic rings. The van der Waals surface area contributed by atoms with Crippen LogP contribution in [0, 0.1) is 0 Å². The first-order chi connectivity index (χ1) is 9.56. The van der Waals surface area contributed by atoms with Crippen LogP contribution in [-0.2, 0) is 10.2 Å². The molecule has 0 spiro atoms. The van der Waals surface area contributed by atoms with Gasteiger partial charge in [0.15, 0.2) is 0 Å². The summed E-state index contributed by atoms with van der Waals surface area (Å²) in [7, 11) is 3.82. The largest absolute Gasteiger partial charge is 0.380 e. The van der Waals surface area contributed by atoms with E-state index in [9.17, 15) is 0 Å². The van der Waals surface area contributed by atoms with Crippen LogP contribution >= 0.6 is 23.2 Å². The lowest BCUT2D eigenvalue weighted by Crippen LogP contribution is -2.55. The number of rotatable bonds is 4. The van der Waals surface area contributed by atoms with E-state index in [-0.39, 0.29) is 11.5 Å². The van der Waals surface area contributed by atoms with E-state index >= 15 is 0 Å². The molecule has 1 aliphatic carbocycles. The zero-order valence-electron chi connectivity index (χ0n) is 12.4. The van der Waals surface area contributed by atoms with E-state index < -0.39 is 0 Å². The topological polar surface area (TPSA) is 21.3 Å². The number of hydrogen-bond acceptors (Lipinski definition) is 2. The summed E-state index contributed by atoms with van der Waals surface area (Å²) in [6.07, 6.45) is 4.83. The Morgan fingerprint density at radius 1 is 1.30 bits per heavy atom. The maximum Gasteiger partial charge on any atom is 0.0682 e. The lowest BCUT2D eigenvalue weighted by atomic mass is 9.63. The van der Waals surface area contributed by atoms with Gasteiger partial charge in [-0.15, -0.1) is 0 Å². The molecule has 1 aromatic rings. The summed E-state index contributed by atoms with van der Waals surface area (Å²) in [6, 6.07) is 6.31. The molecule has 2 nitrogen and oxygen atoms in total. The Morgan fingerprint density at radius 2 is 2.05 bits per heavy atom. The summed E-state index contributed by atoms with van der Waals surface area (Å²) in [5.74, 6) is 0. The van der Waals surface area contributed by atoms with Crippen molar-refractivity contribution in [2.45, 2.75) is 50.2 Å². The Bertz CT molecular complexity index is 466. The molecule has 1 saturated carbocycles. The molecule has 0 saturated heterocycles. The molecule has 2 rings (SSSR count). The number of ether oxygens (including phenoxy) is 1. The van der Waals surface area contributed by atoms with E-state index in [1.54, 1.807) is 0 Å². The van der Waals surface area contributed by atoms with Gasteiger partial charge < -0.3 is 10.1 Å². The molecule has 1 fully saturated rings. The third-order valence-corrected chi connectivity index (χ3v) is 5.57. The first kappa shape index (κ1) is 16.1. The quantitative estimate of drug-likeness (QED) is 0.887. The third kappa shape index (κ3) is 2.71. The summed E-state index contributed by atoms with van der Waals surface area (Å²) < 4.78 is 5.84. The highest BCUT2D eigenvalue weighted by Gasteiger charge is 2.46. The highest BCUT2D eigenvalue weighted by molar-refractivity contribution is 6.42. The van der Waals surface area contributed by atoms with Gasteiger partial charge in [-0.25, -0.2) is 0 Å². The Morgan fingerprint density at radius 3 is 2.65 bits per heavy atom. The van der Waals surface area contributed by atoms with Crippen LogP contribution in [0.1, 0.15) is 38.2 Å². The van der Waals surface area contributed by atoms with Crippen LogP contribution < -0.4 is 5.32 Å². The van der Waals surface area contributed by atoms with Crippen LogP contribution in [0.2, 0.25) is 10.0 Å². The summed E-state index contributed by atoms with van der Waals surface area (Å²) in [5.41, 5.74) is 1.18. The average Bonchev–Trinajstić information content (AvgIpc) is 2.48. The monoisotopic (exact) mass is 315 g/mol. The minimum absolute atomic E-state index is 0.0457. The lowest BCUT2D eigenvalue weighted by Gasteiger charge is -2.48. The van der Waals surface area contributed by atoms with Crippen molar-refractivity contribution in [1.29, 1.82) is 0 Å². The Balaban J connectivity index is 2.52. The first-order valence-corrected chi connectivity index (χ1v) is 7.97. The number of methoxy groups -OCH3 is 1. The van der Waals surface area contributed by atoms with Gasteiger partial charge in [0, 0.05) is 18.6 Å². The minimum atomic E-state index is -0.0457. The number of halogens is 2. The molecule has 0 amide bonds. The van der Waals surface area contributed by atoms with Gasteiger partial charge in [0.25, 0.3) is 0 Å². The van der Waals surface area contributed by atoms with Crippen LogP contribution in [0.3, 0.4) is 0 Å². The molecule has 112 valence electrons. The number of likely N-dealkylation sites (N-methyl/N-ethyl adjacent to an activating group) is 1. The zero-order chi connectivity index (χ0) is 14.8. The van der Waals surface area contributed by atoms with Gasteiger partial charge in [0.05, 0.1) is 16.1 Å². The van der Waals surface area contributed by atoms with Gasteiger partial charge in [0.2, 0.25) is 0 Å². The zero-order valence-corrected chi connectivity index (χ0v) is 13.9. The van der Waals surface area contributed by atoms with Crippen molar-refractivity contribution >= 4 is 23.2 Å². The molecule has 1 N–H and O–H groups in total. The standard InChI is InChI=1S/C16H23Cl2NO/c1-11(19-2)16(9-5-4-6-15(16)20-3)12-7-8-13(17)14(18)10-12/h7-8,10-11,15,19H,4-6,9H2,1-3H3. The van der Waals surface area contributed by atoms with Crippen molar-refractivity contribution in [1.82, 2.24) is 5.32 Å². The Labute approximate surface area is 131 Å². The van der Waals surface area contributed by atoms with Gasteiger partial charge in [0.1, 0.15) is 0 Å². The van der Waals surface area contributed by atoms with E-state index in [1.165, 1.54) is 18.4 Å². The van der Waals surface area contributed by atoms with E-state index in [2.05, 4.69) is 18.3 Å². The van der Waals surface area contributed by atoms with Crippen molar-refractivity contribution in [3.8, 4) is 0 Å². The normalized spacial score (nSPS) is 28.4. The number of hydrogen-bond donors (Lipinski definition) is 1. The van der Waals surface area contributed by atoms with Crippen molar-refractivity contribution in [2.24, 2.45) is 0 Å². The number of benzene rings is 1. The van der Waals surface area contributed by atoms with Crippen molar-refractivity contribution in [3.63, 3.8) is 0 Å². The van der Waals surface area contributed by atoms with Crippen LogP contribution in [0.25, 0.3) is 0 Å². The molecular formula is C16H23Cl2NO. The minimum Gasteiger partial charge on any atom is -0.380 e. The third-order valence-electron chi connectivity index (χ3n) is 4.83. The van der Waals surface area contributed by atoms with Crippen molar-refractivity contribution < 1.29 is 4.74 Å². The van der Waals surface area contributed by atoms with Gasteiger partial charge in [-0.1, -0.05) is 42.1 Å². The fourth-order valence-corrected chi connectivity index (χ4v) is 3.91. The molecule has 1 aromatic carbocycles. The van der Waals surface area contributed by atoms with Gasteiger partial charge in [-0.3, -0.25) is 0 Å². The summed E-state index contributed by atoms with van der Waals surface area (Å²) in [5, 5.41) is 4.64. The molecular weight excluding hydrogens is 293 g/mol. The van der Waals surface area contributed by atoms with Gasteiger partial charge >= 0.3 is 0 Å². The summed E-state index contributed by atoms with van der Waals surface area (Å²) in [4.78, 5) is 0. The van der Waals surface area contributed by atoms with Crippen LogP contribution in [0.5, 0.6) is 0 Å². The predicted octanol–water partition coefficient (Wildman–Crippen LogP) is 4.43. The second-order valence-electron chi connectivity index (χ2n) is 5.65. The highest BCUT2D eigenvalue weighted by atomic mass is 35.5. The molecule has 3 atom stereocenters. The molecule has 0 radical (unpaired) electrons. The molecule has 0 aromatic heterocycles. The smallest absolute Gasteiger partial charge is 0.0682 e. The predicted molar refractivity (Wildman–Crippen MR) is 85.9 cm³/mol. The van der Waals surface area contributed by atoms with Crippen molar-refractivity contribution in [3.05, 3.63) is 33.8 Å². The molecule has 0 aliphatic heterocycles. The van der Waals surface area contributed by atoms with Crippen LogP contribution in [0.4, 0.5) is 0 Å². The van der Waals surface area contributed by atoms with Gasteiger partial charge in [-0.2, -0.15) is 0 Å². The van der Waals surface area contributed by atoms with E-state index in [4.69, 9.17) is 27.9 Å². The first-order valence-electron chi connectivity index (χ1n) is 7.22. The molecule has 0 bridgehead atoms. The molecule has 3 unspecified atom stereocenters. The fraction of sp³-hybridized carbons (Fsp3) is 0.625. The Kier molecular flexibility index (Phi) is 5.36. The molecule has 0 heterocycles. The second kappa shape index (κ2) is 6.65. The van der Waals surface area contributed by atoms with Gasteiger partial charge in [-0.05, 0) is 44.5 Å². The maximum absolute atomic E-state index is 6.24. The second-order valence-corrected chi connectivity index (χ2v) is 6.46. The van der Waals surface area contributed by atoms with Crippen LogP contribution in [-0.4, -0.2) is 26.3 Å². The SMILES string of the molecule is CNC(C)C1(c2ccc(Cl)c(Cl)c2)CCCCC1OC. The summed E-state index contributed by atoms with van der Waals surface area (Å²) >= 11 is 12.3. The van der Waals surface area contributed by atoms with E-state index in [0.717, 1.165) is 12.8 Å². The van der Waals surface area contributed by atoms with E-state index in [1.807, 2.05) is 26.3 Å². The Hall–Kier alpha value is -0.280. The van der Waals surface area contributed by atoms with Crippen LogP contribution in [0.15, 0.2) is 18.2 Å². The van der Waals surface area contributed by atoms with Crippen molar-refractivity contribution in [2.75, 3.05) is 14.2 Å². The highest BCUT2D eigenvalue weighted by Crippen LogP contribution is 2.45. The average molecular weight is 316 g/mol. The summed E-state index contributed by atoms with van der Waals surface area (Å²) in [6.45, 7) is 2.22. The maximum atomic E-state index is 6.24. The molecule has 20 heavy (non-hydrogen) atoms. The fourth-order valence-electron chi connectivity index (χ4n) is 3.61.